The largest absolute Gasteiger partial charge is 0.477 e. The maximum Gasteiger partial charge on any atom is 0.345 e. The molecule has 1 unspecified atom stereocenters. The molecule has 0 fully saturated rings. The number of amides is 1. The van der Waals surface area contributed by atoms with Crippen molar-refractivity contribution in [1.82, 2.24) is 4.90 Å². The lowest BCUT2D eigenvalue weighted by Crippen LogP contribution is -2.34. The molecule has 1 aromatic carbocycles. The highest BCUT2D eigenvalue weighted by Gasteiger charge is 2.21. The molecule has 4 nitrogen and oxygen atoms in total. The van der Waals surface area contributed by atoms with E-state index in [1.54, 1.807) is 11.0 Å². The number of carbonyl (C=O) groups excluding carboxylic acids is 1. The zero-order valence-corrected chi connectivity index (χ0v) is 14.2. The van der Waals surface area contributed by atoms with Gasteiger partial charge in [-0.25, -0.2) is 4.79 Å². The molecule has 0 aliphatic heterocycles. The summed E-state index contributed by atoms with van der Waals surface area (Å²) in [4.78, 5) is 26.1. The summed E-state index contributed by atoms with van der Waals surface area (Å²) >= 11 is 1.03. The molecule has 122 valence electrons. The molecule has 0 radical (unpaired) electrons. The van der Waals surface area contributed by atoms with Crippen molar-refractivity contribution in [2.45, 2.75) is 26.2 Å². The maximum atomic E-state index is 12.6. The molecule has 1 amide bonds. The number of carbonyl (C=O) groups is 2. The van der Waals surface area contributed by atoms with Gasteiger partial charge in [0.15, 0.2) is 0 Å². The fourth-order valence-corrected chi connectivity index (χ4v) is 3.35. The first-order valence-corrected chi connectivity index (χ1v) is 8.55. The Bertz CT molecular complexity index is 666. The summed E-state index contributed by atoms with van der Waals surface area (Å²) in [5.74, 6) is -0.814. The molecule has 0 saturated heterocycles. The molecule has 0 bridgehead atoms. The van der Waals surface area contributed by atoms with Gasteiger partial charge in [0.2, 0.25) is 0 Å². The number of rotatable bonds is 7. The lowest BCUT2D eigenvalue weighted by atomic mass is 9.96. The van der Waals surface area contributed by atoms with E-state index in [9.17, 15) is 9.59 Å². The molecule has 1 heterocycles. The van der Waals surface area contributed by atoms with Crippen molar-refractivity contribution >= 4 is 23.2 Å². The van der Waals surface area contributed by atoms with E-state index in [1.165, 1.54) is 11.6 Å². The highest BCUT2D eigenvalue weighted by Crippen LogP contribution is 2.23. The maximum absolute atomic E-state index is 12.6. The standard InChI is InChI=1S/C18H21NO3S/c1-3-13(14-8-6-5-7-9-14)12-19(4-2)17(20)15-10-11-16(23-15)18(21)22/h5-11,13H,3-4,12H2,1-2H3,(H,21,22). The van der Waals surface area contributed by atoms with Gasteiger partial charge in [-0.3, -0.25) is 4.79 Å². The second kappa shape index (κ2) is 7.92. The normalized spacial score (nSPS) is 11.9. The van der Waals surface area contributed by atoms with Crippen molar-refractivity contribution in [3.05, 3.63) is 57.8 Å². The number of thiophene rings is 1. The molecule has 0 aliphatic carbocycles. The van der Waals surface area contributed by atoms with Gasteiger partial charge in [-0.1, -0.05) is 37.3 Å². The van der Waals surface area contributed by atoms with Crippen LogP contribution in [0.4, 0.5) is 0 Å². The third-order valence-electron chi connectivity index (χ3n) is 3.90. The Kier molecular flexibility index (Phi) is 5.93. The van der Waals surface area contributed by atoms with Crippen LogP contribution in [0.5, 0.6) is 0 Å². The van der Waals surface area contributed by atoms with Gasteiger partial charge in [0.05, 0.1) is 4.88 Å². The summed E-state index contributed by atoms with van der Waals surface area (Å²) in [7, 11) is 0. The lowest BCUT2D eigenvalue weighted by molar-refractivity contribution is 0.0701. The van der Waals surface area contributed by atoms with Gasteiger partial charge in [0.25, 0.3) is 5.91 Å². The van der Waals surface area contributed by atoms with E-state index in [2.05, 4.69) is 19.1 Å². The Morgan fingerprint density at radius 2 is 1.74 bits per heavy atom. The van der Waals surface area contributed by atoms with Crippen molar-refractivity contribution in [3.8, 4) is 0 Å². The molecule has 2 aromatic rings. The minimum Gasteiger partial charge on any atom is -0.477 e. The Morgan fingerprint density at radius 3 is 2.26 bits per heavy atom. The SMILES string of the molecule is CCC(CN(CC)C(=O)c1ccc(C(=O)O)s1)c1ccccc1. The summed E-state index contributed by atoms with van der Waals surface area (Å²) in [6.45, 7) is 5.30. The molecular weight excluding hydrogens is 310 g/mol. The van der Waals surface area contributed by atoms with Crippen LogP contribution in [0.25, 0.3) is 0 Å². The smallest absolute Gasteiger partial charge is 0.345 e. The summed E-state index contributed by atoms with van der Waals surface area (Å²) in [6.07, 6.45) is 0.943. The predicted octanol–water partition coefficient (Wildman–Crippen LogP) is 4.10. The zero-order valence-electron chi connectivity index (χ0n) is 13.4. The Balaban J connectivity index is 2.14. The number of benzene rings is 1. The Labute approximate surface area is 140 Å². The number of likely N-dealkylation sites (N-methyl/N-ethyl adjacent to an activating group) is 1. The average molecular weight is 331 g/mol. The number of carboxylic acids is 1. The van der Waals surface area contributed by atoms with Crippen LogP contribution >= 0.6 is 11.3 Å². The zero-order chi connectivity index (χ0) is 16.8. The van der Waals surface area contributed by atoms with Crippen LogP contribution in [0.2, 0.25) is 0 Å². The lowest BCUT2D eigenvalue weighted by Gasteiger charge is -2.26. The molecule has 0 saturated carbocycles. The van der Waals surface area contributed by atoms with E-state index in [4.69, 9.17) is 5.11 Å². The van der Waals surface area contributed by atoms with E-state index in [1.807, 2.05) is 25.1 Å². The van der Waals surface area contributed by atoms with E-state index in [0.29, 0.717) is 18.0 Å². The number of hydrogen-bond donors (Lipinski definition) is 1. The van der Waals surface area contributed by atoms with E-state index >= 15 is 0 Å². The van der Waals surface area contributed by atoms with Crippen LogP contribution in [0.15, 0.2) is 42.5 Å². The number of aromatic carboxylic acids is 1. The van der Waals surface area contributed by atoms with Crippen molar-refractivity contribution in [2.24, 2.45) is 0 Å². The quantitative estimate of drug-likeness (QED) is 0.831. The van der Waals surface area contributed by atoms with E-state index in [-0.39, 0.29) is 16.7 Å². The molecule has 1 aromatic heterocycles. The first-order valence-electron chi connectivity index (χ1n) is 7.74. The second-order valence-electron chi connectivity index (χ2n) is 5.33. The van der Waals surface area contributed by atoms with Gasteiger partial charge in [0, 0.05) is 19.0 Å². The molecule has 5 heteroatoms. The Hall–Kier alpha value is -2.14. The molecule has 1 atom stereocenters. The van der Waals surface area contributed by atoms with Gasteiger partial charge >= 0.3 is 5.97 Å². The van der Waals surface area contributed by atoms with Crippen LogP contribution in [0.1, 0.15) is 51.1 Å². The molecule has 2 rings (SSSR count). The third kappa shape index (κ3) is 4.20. The first-order chi connectivity index (χ1) is 11.1. The van der Waals surface area contributed by atoms with Crippen LogP contribution < -0.4 is 0 Å². The summed E-state index contributed by atoms with van der Waals surface area (Å²) in [6, 6.07) is 13.3. The number of hydrogen-bond acceptors (Lipinski definition) is 3. The van der Waals surface area contributed by atoms with Crippen LogP contribution in [0, 0.1) is 0 Å². The summed E-state index contributed by atoms with van der Waals surface area (Å²) in [5.41, 5.74) is 1.22. The molecule has 23 heavy (non-hydrogen) atoms. The van der Waals surface area contributed by atoms with Gasteiger partial charge in [-0.2, -0.15) is 0 Å². The third-order valence-corrected chi connectivity index (χ3v) is 4.96. The van der Waals surface area contributed by atoms with Gasteiger partial charge in [-0.15, -0.1) is 11.3 Å². The topological polar surface area (TPSA) is 57.6 Å². The van der Waals surface area contributed by atoms with Crippen LogP contribution in [0.3, 0.4) is 0 Å². The highest BCUT2D eigenvalue weighted by atomic mass is 32.1. The van der Waals surface area contributed by atoms with Crippen molar-refractivity contribution in [1.29, 1.82) is 0 Å². The predicted molar refractivity (Wildman–Crippen MR) is 92.3 cm³/mol. The fraction of sp³-hybridized carbons (Fsp3) is 0.333. The highest BCUT2D eigenvalue weighted by molar-refractivity contribution is 7.15. The number of carboxylic acid groups (broad SMARTS) is 1. The monoisotopic (exact) mass is 331 g/mol. The van der Waals surface area contributed by atoms with Crippen LogP contribution in [-0.4, -0.2) is 35.0 Å². The Morgan fingerprint density at radius 1 is 1.09 bits per heavy atom. The minimum atomic E-state index is -0.993. The summed E-state index contributed by atoms with van der Waals surface area (Å²) in [5, 5.41) is 8.99. The fourth-order valence-electron chi connectivity index (χ4n) is 2.54. The summed E-state index contributed by atoms with van der Waals surface area (Å²) < 4.78 is 0. The molecule has 1 N–H and O–H groups in total. The van der Waals surface area contributed by atoms with Gasteiger partial charge in [0.1, 0.15) is 4.88 Å². The molecule has 0 spiro atoms. The van der Waals surface area contributed by atoms with Gasteiger partial charge in [-0.05, 0) is 31.0 Å². The van der Waals surface area contributed by atoms with Crippen molar-refractivity contribution in [2.75, 3.05) is 13.1 Å². The van der Waals surface area contributed by atoms with Crippen molar-refractivity contribution < 1.29 is 14.7 Å². The number of nitrogens with zero attached hydrogens (tertiary/aromatic N) is 1. The second-order valence-corrected chi connectivity index (χ2v) is 6.41. The minimum absolute atomic E-state index is 0.0978. The molecular formula is C18H21NO3S. The van der Waals surface area contributed by atoms with E-state index in [0.717, 1.165) is 17.8 Å². The van der Waals surface area contributed by atoms with Gasteiger partial charge < -0.3 is 10.0 Å². The van der Waals surface area contributed by atoms with Crippen LogP contribution in [-0.2, 0) is 0 Å². The van der Waals surface area contributed by atoms with Crippen molar-refractivity contribution in [3.63, 3.8) is 0 Å². The first kappa shape index (κ1) is 17.2. The molecule has 0 aliphatic rings. The van der Waals surface area contributed by atoms with E-state index < -0.39 is 5.97 Å². The average Bonchev–Trinajstić information content (AvgIpc) is 3.06.